The van der Waals surface area contributed by atoms with Crippen LogP contribution in [0.1, 0.15) is 17.1 Å². The van der Waals surface area contributed by atoms with E-state index in [1.165, 1.54) is 6.08 Å². The minimum absolute atomic E-state index is 0.00634. The van der Waals surface area contributed by atoms with Crippen LogP contribution in [0.5, 0.6) is 0 Å². The van der Waals surface area contributed by atoms with E-state index in [0.717, 1.165) is 35.8 Å². The van der Waals surface area contributed by atoms with Crippen molar-refractivity contribution in [1.29, 1.82) is 0 Å². The molecule has 0 bridgehead atoms. The highest BCUT2D eigenvalue weighted by atomic mass is 19.1. The van der Waals surface area contributed by atoms with Gasteiger partial charge in [-0.25, -0.2) is 18.7 Å². The van der Waals surface area contributed by atoms with Gasteiger partial charge in [0.1, 0.15) is 23.3 Å². The average molecular weight is 332 g/mol. The number of amides is 1. The van der Waals surface area contributed by atoms with E-state index in [-0.39, 0.29) is 12.1 Å². The van der Waals surface area contributed by atoms with E-state index in [9.17, 15) is 13.6 Å². The molecule has 1 heterocycles. The van der Waals surface area contributed by atoms with Gasteiger partial charge in [0.25, 0.3) is 0 Å². The molecule has 0 spiro atoms. The summed E-state index contributed by atoms with van der Waals surface area (Å²) in [6.07, 6.45) is 2.36. The zero-order valence-electron chi connectivity index (χ0n) is 13.7. The number of benzene rings is 1. The Hall–Kier alpha value is -2.83. The molecule has 1 amide bonds. The molecule has 0 atom stereocenters. The first kappa shape index (κ1) is 17.5. The fourth-order valence-corrected chi connectivity index (χ4v) is 1.95. The maximum Gasteiger partial charge on any atom is 0.244 e. The van der Waals surface area contributed by atoms with Crippen LogP contribution in [0.4, 0.5) is 14.6 Å². The van der Waals surface area contributed by atoms with Crippen molar-refractivity contribution >= 4 is 17.8 Å². The Kier molecular flexibility index (Phi) is 5.57. The molecular weight excluding hydrogens is 314 g/mol. The SMILES string of the molecule is Cc1cc(N(C)C)nc(CNC(=O)/C=C/c2cc(F)ccc2F)n1. The van der Waals surface area contributed by atoms with Gasteiger partial charge in [-0.2, -0.15) is 0 Å². The number of halogens is 2. The zero-order chi connectivity index (χ0) is 17.7. The Bertz CT molecular complexity index is 775. The Balaban J connectivity index is 2.01. The van der Waals surface area contributed by atoms with Crippen LogP contribution in [0.2, 0.25) is 0 Å². The number of nitrogens with one attached hydrogen (secondary N) is 1. The average Bonchev–Trinajstić information content (AvgIpc) is 2.53. The molecule has 0 aliphatic rings. The van der Waals surface area contributed by atoms with E-state index in [2.05, 4.69) is 15.3 Å². The van der Waals surface area contributed by atoms with Gasteiger partial charge in [-0.3, -0.25) is 4.79 Å². The summed E-state index contributed by atoms with van der Waals surface area (Å²) in [5.74, 6) is -0.407. The lowest BCUT2D eigenvalue weighted by Gasteiger charge is -2.13. The summed E-state index contributed by atoms with van der Waals surface area (Å²) in [6, 6.07) is 4.88. The summed E-state index contributed by atoms with van der Waals surface area (Å²) in [5.41, 5.74) is 0.794. The summed E-state index contributed by atoms with van der Waals surface area (Å²) in [5, 5.41) is 2.61. The van der Waals surface area contributed by atoms with Crippen molar-refractivity contribution in [2.24, 2.45) is 0 Å². The summed E-state index contributed by atoms with van der Waals surface area (Å²) < 4.78 is 26.5. The van der Waals surface area contributed by atoms with Crippen molar-refractivity contribution in [2.45, 2.75) is 13.5 Å². The van der Waals surface area contributed by atoms with Gasteiger partial charge in [-0.1, -0.05) is 0 Å². The summed E-state index contributed by atoms with van der Waals surface area (Å²) in [6.45, 7) is 1.98. The van der Waals surface area contributed by atoms with Crippen molar-refractivity contribution in [3.05, 3.63) is 59.1 Å². The predicted molar refractivity (Wildman–Crippen MR) is 88.3 cm³/mol. The smallest absolute Gasteiger partial charge is 0.244 e. The molecule has 1 aromatic heterocycles. The third-order valence-corrected chi connectivity index (χ3v) is 3.14. The Morgan fingerprint density at radius 3 is 2.71 bits per heavy atom. The summed E-state index contributed by atoms with van der Waals surface area (Å²) >= 11 is 0. The van der Waals surface area contributed by atoms with Gasteiger partial charge in [-0.05, 0) is 31.2 Å². The van der Waals surface area contributed by atoms with Crippen LogP contribution in [0.25, 0.3) is 6.08 Å². The van der Waals surface area contributed by atoms with Gasteiger partial charge in [0.2, 0.25) is 5.91 Å². The van der Waals surface area contributed by atoms with E-state index < -0.39 is 17.5 Å². The molecule has 5 nitrogen and oxygen atoms in total. The highest BCUT2D eigenvalue weighted by Crippen LogP contribution is 2.11. The second-order valence-corrected chi connectivity index (χ2v) is 5.40. The van der Waals surface area contributed by atoms with E-state index >= 15 is 0 Å². The lowest BCUT2D eigenvalue weighted by Crippen LogP contribution is -2.23. The van der Waals surface area contributed by atoms with Crippen molar-refractivity contribution in [2.75, 3.05) is 19.0 Å². The number of hydrogen-bond donors (Lipinski definition) is 1. The highest BCUT2D eigenvalue weighted by molar-refractivity contribution is 5.91. The van der Waals surface area contributed by atoms with Crippen molar-refractivity contribution < 1.29 is 13.6 Å². The fraction of sp³-hybridized carbons (Fsp3) is 0.235. The number of hydrogen-bond acceptors (Lipinski definition) is 4. The second kappa shape index (κ2) is 7.63. The standard InChI is InChI=1S/C17H18F2N4O/c1-11-8-16(23(2)3)22-15(21-11)10-20-17(24)7-4-12-9-13(18)5-6-14(12)19/h4-9H,10H2,1-3H3,(H,20,24)/b7-4+. The molecule has 1 N–H and O–H groups in total. The largest absolute Gasteiger partial charge is 0.363 e. The van der Waals surface area contributed by atoms with Crippen LogP contribution in [0.3, 0.4) is 0 Å². The first-order valence-corrected chi connectivity index (χ1v) is 7.28. The predicted octanol–water partition coefficient (Wildman–Crippen LogP) is 2.46. The minimum Gasteiger partial charge on any atom is -0.363 e. The molecule has 0 unspecified atom stereocenters. The van der Waals surface area contributed by atoms with E-state index in [1.54, 1.807) is 0 Å². The van der Waals surface area contributed by atoms with Gasteiger partial charge in [-0.15, -0.1) is 0 Å². The molecule has 2 rings (SSSR count). The first-order valence-electron chi connectivity index (χ1n) is 7.28. The topological polar surface area (TPSA) is 58.1 Å². The molecule has 0 saturated carbocycles. The molecule has 0 aliphatic carbocycles. The molecular formula is C17H18F2N4O. The minimum atomic E-state index is -0.599. The molecule has 1 aromatic carbocycles. The monoisotopic (exact) mass is 332 g/mol. The molecule has 2 aromatic rings. The lowest BCUT2D eigenvalue weighted by atomic mass is 10.2. The van der Waals surface area contributed by atoms with Gasteiger partial charge in [0.05, 0.1) is 6.54 Å². The molecule has 0 radical (unpaired) electrons. The van der Waals surface area contributed by atoms with Crippen LogP contribution in [0, 0.1) is 18.6 Å². The van der Waals surface area contributed by atoms with Gasteiger partial charge >= 0.3 is 0 Å². The fourth-order valence-electron chi connectivity index (χ4n) is 1.95. The molecule has 7 heteroatoms. The van der Waals surface area contributed by atoms with E-state index in [1.807, 2.05) is 32.0 Å². The van der Waals surface area contributed by atoms with Crippen LogP contribution in [-0.4, -0.2) is 30.0 Å². The third-order valence-electron chi connectivity index (χ3n) is 3.14. The molecule has 126 valence electrons. The first-order chi connectivity index (χ1) is 11.3. The second-order valence-electron chi connectivity index (χ2n) is 5.40. The number of carbonyl (C=O) groups is 1. The number of carbonyl (C=O) groups excluding carboxylic acids is 1. The van der Waals surface area contributed by atoms with Crippen LogP contribution in [0.15, 0.2) is 30.3 Å². The van der Waals surface area contributed by atoms with Crippen LogP contribution < -0.4 is 10.2 Å². The number of nitrogens with zero attached hydrogens (tertiary/aromatic N) is 3. The van der Waals surface area contributed by atoms with Crippen molar-refractivity contribution in [3.63, 3.8) is 0 Å². The van der Waals surface area contributed by atoms with Crippen molar-refractivity contribution in [3.8, 4) is 0 Å². The maximum atomic E-state index is 13.5. The normalized spacial score (nSPS) is 10.9. The maximum absolute atomic E-state index is 13.5. The quantitative estimate of drug-likeness (QED) is 0.855. The van der Waals surface area contributed by atoms with E-state index in [0.29, 0.717) is 5.82 Å². The van der Waals surface area contributed by atoms with Crippen LogP contribution in [-0.2, 0) is 11.3 Å². The Morgan fingerprint density at radius 2 is 2.00 bits per heavy atom. The van der Waals surface area contributed by atoms with Crippen molar-refractivity contribution in [1.82, 2.24) is 15.3 Å². The summed E-state index contributed by atoms with van der Waals surface area (Å²) in [4.78, 5) is 22.2. The third kappa shape index (κ3) is 4.84. The number of anilines is 1. The Labute approximate surface area is 139 Å². The van der Waals surface area contributed by atoms with Gasteiger partial charge in [0.15, 0.2) is 0 Å². The zero-order valence-corrected chi connectivity index (χ0v) is 13.7. The molecule has 0 saturated heterocycles. The number of aryl methyl sites for hydroxylation is 1. The molecule has 0 fully saturated rings. The molecule has 24 heavy (non-hydrogen) atoms. The highest BCUT2D eigenvalue weighted by Gasteiger charge is 2.06. The van der Waals surface area contributed by atoms with Gasteiger partial charge in [0, 0.05) is 37.5 Å². The van der Waals surface area contributed by atoms with Crippen LogP contribution >= 0.6 is 0 Å². The number of aromatic nitrogens is 2. The number of rotatable bonds is 5. The summed E-state index contributed by atoms with van der Waals surface area (Å²) in [7, 11) is 3.72. The lowest BCUT2D eigenvalue weighted by molar-refractivity contribution is -0.116. The Morgan fingerprint density at radius 1 is 1.25 bits per heavy atom. The molecule has 0 aliphatic heterocycles. The van der Waals surface area contributed by atoms with Gasteiger partial charge < -0.3 is 10.2 Å². The van der Waals surface area contributed by atoms with E-state index in [4.69, 9.17) is 0 Å².